The van der Waals surface area contributed by atoms with Gasteiger partial charge in [-0.2, -0.15) is 0 Å². The molecule has 0 fully saturated rings. The predicted octanol–water partition coefficient (Wildman–Crippen LogP) is 2.55. The lowest BCUT2D eigenvalue weighted by molar-refractivity contribution is 0.0698. The fourth-order valence-corrected chi connectivity index (χ4v) is 1.99. The van der Waals surface area contributed by atoms with E-state index in [0.29, 0.717) is 17.1 Å². The number of nitrogens with one attached hydrogen (secondary N) is 1. The van der Waals surface area contributed by atoms with Crippen LogP contribution < -0.4 is 5.32 Å². The van der Waals surface area contributed by atoms with Crippen molar-refractivity contribution in [3.63, 3.8) is 0 Å². The summed E-state index contributed by atoms with van der Waals surface area (Å²) in [5.41, 5.74) is 1.30. The Balaban J connectivity index is 2.36. The molecule has 0 aromatic carbocycles. The Morgan fingerprint density at radius 1 is 1.25 bits per heavy atom. The number of nitrogens with zero attached hydrogens (tertiary/aromatic N) is 1. The fourth-order valence-electron chi connectivity index (χ4n) is 1.99. The zero-order valence-corrected chi connectivity index (χ0v) is 11.4. The van der Waals surface area contributed by atoms with Gasteiger partial charge in [0.05, 0.1) is 23.0 Å². The van der Waals surface area contributed by atoms with Gasteiger partial charge < -0.3 is 14.8 Å². The van der Waals surface area contributed by atoms with E-state index in [4.69, 9.17) is 9.52 Å². The summed E-state index contributed by atoms with van der Waals surface area (Å²) < 4.78 is 5.39. The fraction of sp³-hybridized carbons (Fsp3) is 0.214. The summed E-state index contributed by atoms with van der Waals surface area (Å²) in [4.78, 5) is 27.2. The van der Waals surface area contributed by atoms with Crippen LogP contribution in [0.4, 0.5) is 5.69 Å². The van der Waals surface area contributed by atoms with Crippen molar-refractivity contribution < 1.29 is 19.1 Å². The van der Waals surface area contributed by atoms with Gasteiger partial charge >= 0.3 is 5.97 Å². The molecule has 2 aromatic heterocycles. The standard InChI is InChI=1S/C14H14N2O4/c1-7-8(2)20-9(3)12(7)13(17)16-11-6-15-5-4-10(11)14(18)19/h4-6H,1-3H3,(H,16,17)(H,18,19). The van der Waals surface area contributed by atoms with Crippen molar-refractivity contribution in [1.82, 2.24) is 4.98 Å². The molecule has 0 bridgehead atoms. The maximum atomic E-state index is 12.3. The third kappa shape index (κ3) is 2.40. The second-order valence-electron chi connectivity index (χ2n) is 4.39. The molecule has 0 saturated heterocycles. The van der Waals surface area contributed by atoms with E-state index in [2.05, 4.69) is 10.3 Å². The molecule has 2 N–H and O–H groups in total. The third-order valence-electron chi connectivity index (χ3n) is 3.09. The molecule has 6 heteroatoms. The van der Waals surface area contributed by atoms with Gasteiger partial charge in [-0.05, 0) is 26.8 Å². The summed E-state index contributed by atoms with van der Waals surface area (Å²) in [5, 5.41) is 11.6. The van der Waals surface area contributed by atoms with Gasteiger partial charge in [-0.3, -0.25) is 9.78 Å². The Kier molecular flexibility index (Phi) is 3.56. The molecule has 0 spiro atoms. The average molecular weight is 274 g/mol. The number of rotatable bonds is 3. The lowest BCUT2D eigenvalue weighted by atomic mass is 10.1. The van der Waals surface area contributed by atoms with Crippen LogP contribution in [0.2, 0.25) is 0 Å². The zero-order chi connectivity index (χ0) is 14.9. The topological polar surface area (TPSA) is 92.4 Å². The van der Waals surface area contributed by atoms with Gasteiger partial charge in [0.2, 0.25) is 0 Å². The quantitative estimate of drug-likeness (QED) is 0.897. The van der Waals surface area contributed by atoms with E-state index < -0.39 is 11.9 Å². The highest BCUT2D eigenvalue weighted by Crippen LogP contribution is 2.22. The lowest BCUT2D eigenvalue weighted by Crippen LogP contribution is -2.16. The minimum Gasteiger partial charge on any atom is -0.478 e. The summed E-state index contributed by atoms with van der Waals surface area (Å²) in [5.74, 6) is -0.373. The van der Waals surface area contributed by atoms with Crippen molar-refractivity contribution in [3.05, 3.63) is 46.7 Å². The summed E-state index contributed by atoms with van der Waals surface area (Å²) in [7, 11) is 0. The third-order valence-corrected chi connectivity index (χ3v) is 3.09. The normalized spacial score (nSPS) is 10.3. The molecule has 0 unspecified atom stereocenters. The summed E-state index contributed by atoms with van der Waals surface area (Å²) in [6.07, 6.45) is 2.66. The first-order valence-electron chi connectivity index (χ1n) is 5.97. The number of amides is 1. The average Bonchev–Trinajstić information content (AvgIpc) is 2.63. The van der Waals surface area contributed by atoms with E-state index in [0.717, 1.165) is 5.56 Å². The number of aryl methyl sites for hydroxylation is 2. The number of aromatic nitrogens is 1. The molecule has 104 valence electrons. The number of carbonyl (C=O) groups is 2. The predicted molar refractivity (Wildman–Crippen MR) is 72.1 cm³/mol. The van der Waals surface area contributed by atoms with Crippen LogP contribution in [0.15, 0.2) is 22.9 Å². The van der Waals surface area contributed by atoms with Crippen LogP contribution in [0.1, 0.15) is 37.8 Å². The van der Waals surface area contributed by atoms with E-state index in [1.807, 2.05) is 0 Å². The van der Waals surface area contributed by atoms with Crippen molar-refractivity contribution in [3.8, 4) is 0 Å². The first-order valence-corrected chi connectivity index (χ1v) is 5.97. The highest BCUT2D eigenvalue weighted by atomic mass is 16.4. The maximum absolute atomic E-state index is 12.3. The Labute approximate surface area is 115 Å². The smallest absolute Gasteiger partial charge is 0.337 e. The van der Waals surface area contributed by atoms with Crippen molar-refractivity contribution in [2.24, 2.45) is 0 Å². The Morgan fingerprint density at radius 2 is 1.95 bits per heavy atom. The largest absolute Gasteiger partial charge is 0.478 e. The Morgan fingerprint density at radius 3 is 2.50 bits per heavy atom. The number of hydrogen-bond donors (Lipinski definition) is 2. The molecule has 0 aliphatic heterocycles. The van der Waals surface area contributed by atoms with Crippen molar-refractivity contribution in [1.29, 1.82) is 0 Å². The number of carboxylic acid groups (broad SMARTS) is 1. The number of pyridine rings is 1. The first kappa shape index (κ1) is 13.8. The molecule has 0 saturated carbocycles. The summed E-state index contributed by atoms with van der Waals surface area (Å²) in [6.45, 7) is 5.24. The SMILES string of the molecule is Cc1oc(C)c(C(=O)Nc2cnccc2C(=O)O)c1C. The maximum Gasteiger partial charge on any atom is 0.337 e. The second-order valence-corrected chi connectivity index (χ2v) is 4.39. The molecular formula is C14H14N2O4. The zero-order valence-electron chi connectivity index (χ0n) is 11.4. The van der Waals surface area contributed by atoms with Gasteiger partial charge in [-0.25, -0.2) is 4.79 Å². The van der Waals surface area contributed by atoms with E-state index >= 15 is 0 Å². The molecule has 2 heterocycles. The van der Waals surface area contributed by atoms with E-state index in [9.17, 15) is 9.59 Å². The van der Waals surface area contributed by atoms with Crippen LogP contribution in [-0.4, -0.2) is 22.0 Å². The van der Waals surface area contributed by atoms with Gasteiger partial charge in [-0.15, -0.1) is 0 Å². The van der Waals surface area contributed by atoms with Gasteiger partial charge in [0.25, 0.3) is 5.91 Å². The molecule has 0 aliphatic carbocycles. The number of furan rings is 1. The molecule has 0 radical (unpaired) electrons. The second kappa shape index (κ2) is 5.16. The lowest BCUT2D eigenvalue weighted by Gasteiger charge is -2.07. The Hall–Kier alpha value is -2.63. The molecule has 0 atom stereocenters. The number of anilines is 1. The minimum absolute atomic E-state index is 0.0103. The molecule has 20 heavy (non-hydrogen) atoms. The van der Waals surface area contributed by atoms with Crippen LogP contribution in [0, 0.1) is 20.8 Å². The highest BCUT2D eigenvalue weighted by molar-refractivity contribution is 6.08. The van der Waals surface area contributed by atoms with Crippen molar-refractivity contribution in [2.75, 3.05) is 5.32 Å². The highest BCUT2D eigenvalue weighted by Gasteiger charge is 2.20. The van der Waals surface area contributed by atoms with Crippen LogP contribution >= 0.6 is 0 Å². The Bertz CT molecular complexity index is 688. The number of carboxylic acids is 1. The monoisotopic (exact) mass is 274 g/mol. The van der Waals surface area contributed by atoms with E-state index in [1.165, 1.54) is 18.5 Å². The summed E-state index contributed by atoms with van der Waals surface area (Å²) in [6, 6.07) is 1.33. The van der Waals surface area contributed by atoms with Crippen LogP contribution in [-0.2, 0) is 0 Å². The van der Waals surface area contributed by atoms with E-state index in [1.54, 1.807) is 20.8 Å². The van der Waals surface area contributed by atoms with Crippen LogP contribution in [0.5, 0.6) is 0 Å². The molecule has 0 aliphatic rings. The molecule has 2 aromatic rings. The summed E-state index contributed by atoms with van der Waals surface area (Å²) >= 11 is 0. The minimum atomic E-state index is -1.13. The molecular weight excluding hydrogens is 260 g/mol. The van der Waals surface area contributed by atoms with Gasteiger partial charge in [-0.1, -0.05) is 0 Å². The van der Waals surface area contributed by atoms with Gasteiger partial charge in [0.1, 0.15) is 11.5 Å². The van der Waals surface area contributed by atoms with E-state index in [-0.39, 0.29) is 11.3 Å². The van der Waals surface area contributed by atoms with Gasteiger partial charge in [0.15, 0.2) is 0 Å². The van der Waals surface area contributed by atoms with Crippen molar-refractivity contribution in [2.45, 2.75) is 20.8 Å². The van der Waals surface area contributed by atoms with Crippen molar-refractivity contribution >= 4 is 17.6 Å². The molecule has 1 amide bonds. The number of hydrogen-bond acceptors (Lipinski definition) is 4. The number of carbonyl (C=O) groups excluding carboxylic acids is 1. The first-order chi connectivity index (χ1) is 9.41. The molecule has 6 nitrogen and oxygen atoms in total. The van der Waals surface area contributed by atoms with Crippen LogP contribution in [0.25, 0.3) is 0 Å². The number of aromatic carboxylic acids is 1. The molecule has 2 rings (SSSR count). The van der Waals surface area contributed by atoms with Crippen LogP contribution in [0.3, 0.4) is 0 Å². The van der Waals surface area contributed by atoms with Gasteiger partial charge in [0, 0.05) is 11.8 Å².